The first kappa shape index (κ1) is 10.9. The van der Waals surface area contributed by atoms with E-state index in [9.17, 15) is 10.1 Å². The Bertz CT molecular complexity index is 585. The van der Waals surface area contributed by atoms with E-state index in [2.05, 4.69) is 15.0 Å². The van der Waals surface area contributed by atoms with Gasteiger partial charge in [-0.2, -0.15) is 4.98 Å². The molecule has 0 atom stereocenters. The molecule has 1 heterocycles. The van der Waals surface area contributed by atoms with Crippen molar-refractivity contribution in [3.63, 3.8) is 0 Å². The van der Waals surface area contributed by atoms with E-state index >= 15 is 0 Å². The largest absolute Gasteiger partial charge is 0.368 e. The Morgan fingerprint density at radius 2 is 2.12 bits per heavy atom. The Morgan fingerprint density at radius 3 is 2.76 bits per heavy atom. The average Bonchev–Trinajstić information content (AvgIpc) is 2.29. The molecule has 0 radical (unpaired) electrons. The van der Waals surface area contributed by atoms with Gasteiger partial charge in [-0.25, -0.2) is 9.97 Å². The molecule has 2 rings (SSSR count). The van der Waals surface area contributed by atoms with Crippen molar-refractivity contribution in [2.75, 3.05) is 5.73 Å². The normalized spacial score (nSPS) is 10.2. The summed E-state index contributed by atoms with van der Waals surface area (Å²) in [5, 5.41) is 10.7. The van der Waals surface area contributed by atoms with Gasteiger partial charge in [0.1, 0.15) is 6.33 Å². The van der Waals surface area contributed by atoms with Crippen LogP contribution in [0.25, 0.3) is 11.4 Å². The second kappa shape index (κ2) is 4.12. The molecule has 0 fully saturated rings. The third kappa shape index (κ3) is 2.17. The number of aromatic nitrogens is 3. The third-order valence-corrected chi connectivity index (χ3v) is 2.26. The molecule has 2 aromatic rings. The molecule has 0 saturated heterocycles. The van der Waals surface area contributed by atoms with Crippen molar-refractivity contribution < 1.29 is 4.92 Å². The van der Waals surface area contributed by atoms with E-state index in [1.165, 1.54) is 18.5 Å². The first-order valence-corrected chi connectivity index (χ1v) is 4.78. The van der Waals surface area contributed by atoms with Crippen molar-refractivity contribution in [3.05, 3.63) is 40.2 Å². The van der Waals surface area contributed by atoms with Crippen LogP contribution in [0.1, 0.15) is 5.56 Å². The van der Waals surface area contributed by atoms with Crippen LogP contribution >= 0.6 is 0 Å². The molecular weight excluding hydrogens is 222 g/mol. The monoisotopic (exact) mass is 231 g/mol. The quantitative estimate of drug-likeness (QED) is 0.617. The van der Waals surface area contributed by atoms with Gasteiger partial charge in [-0.3, -0.25) is 10.1 Å². The van der Waals surface area contributed by atoms with E-state index < -0.39 is 4.92 Å². The number of rotatable bonds is 2. The van der Waals surface area contributed by atoms with E-state index in [0.29, 0.717) is 11.4 Å². The summed E-state index contributed by atoms with van der Waals surface area (Å²) in [6, 6.07) is 4.50. The molecule has 7 nitrogen and oxygen atoms in total. The van der Waals surface area contributed by atoms with Gasteiger partial charge in [0.15, 0.2) is 5.82 Å². The Hall–Kier alpha value is -2.57. The number of anilines is 1. The van der Waals surface area contributed by atoms with Gasteiger partial charge < -0.3 is 5.73 Å². The summed E-state index contributed by atoms with van der Waals surface area (Å²) in [5.74, 6) is 0.416. The number of hydrogen-bond donors (Lipinski definition) is 1. The molecule has 17 heavy (non-hydrogen) atoms. The number of nitrogens with two attached hydrogens (primary N) is 1. The van der Waals surface area contributed by atoms with Crippen LogP contribution in [0.15, 0.2) is 24.5 Å². The second-order valence-electron chi connectivity index (χ2n) is 3.42. The molecule has 1 aromatic carbocycles. The molecular formula is C10H9N5O2. The Kier molecular flexibility index (Phi) is 2.65. The van der Waals surface area contributed by atoms with E-state index in [4.69, 9.17) is 5.73 Å². The highest BCUT2D eigenvalue weighted by Gasteiger charge is 2.12. The van der Waals surface area contributed by atoms with E-state index in [1.807, 2.05) is 6.92 Å². The fourth-order valence-electron chi connectivity index (χ4n) is 1.40. The van der Waals surface area contributed by atoms with Crippen LogP contribution in [0.2, 0.25) is 0 Å². The minimum absolute atomic E-state index is 0.00964. The molecule has 0 aliphatic carbocycles. The van der Waals surface area contributed by atoms with Gasteiger partial charge in [-0.15, -0.1) is 0 Å². The van der Waals surface area contributed by atoms with Gasteiger partial charge in [-0.05, 0) is 12.5 Å². The maximum atomic E-state index is 10.7. The zero-order valence-electron chi connectivity index (χ0n) is 8.99. The van der Waals surface area contributed by atoms with Crippen LogP contribution in [-0.4, -0.2) is 19.9 Å². The summed E-state index contributed by atoms with van der Waals surface area (Å²) < 4.78 is 0. The summed E-state index contributed by atoms with van der Waals surface area (Å²) >= 11 is 0. The van der Waals surface area contributed by atoms with Crippen molar-refractivity contribution in [1.29, 1.82) is 0 Å². The summed E-state index contributed by atoms with van der Waals surface area (Å²) in [6.07, 6.45) is 1.27. The SMILES string of the molecule is Cc1ccc([N+](=O)[O-])cc1-c1ncnc(N)n1. The number of hydrogen-bond acceptors (Lipinski definition) is 6. The minimum Gasteiger partial charge on any atom is -0.368 e. The highest BCUT2D eigenvalue weighted by molar-refractivity contribution is 5.63. The summed E-state index contributed by atoms with van der Waals surface area (Å²) in [6.45, 7) is 1.82. The molecule has 0 bridgehead atoms. The summed E-state index contributed by atoms with van der Waals surface area (Å²) in [7, 11) is 0. The number of non-ortho nitro benzene ring substituents is 1. The van der Waals surface area contributed by atoms with Crippen LogP contribution in [0.3, 0.4) is 0 Å². The van der Waals surface area contributed by atoms with Gasteiger partial charge in [0.2, 0.25) is 5.95 Å². The minimum atomic E-state index is -0.465. The molecule has 86 valence electrons. The predicted octanol–water partition coefficient (Wildman–Crippen LogP) is 1.34. The zero-order valence-corrected chi connectivity index (χ0v) is 8.99. The highest BCUT2D eigenvalue weighted by Crippen LogP contribution is 2.24. The molecule has 1 aromatic heterocycles. The van der Waals surface area contributed by atoms with Crippen LogP contribution < -0.4 is 5.73 Å². The topological polar surface area (TPSA) is 108 Å². The number of nitrogens with zero attached hydrogens (tertiary/aromatic N) is 4. The van der Waals surface area contributed by atoms with Gasteiger partial charge in [0.05, 0.1) is 4.92 Å². The number of nitro groups is 1. The highest BCUT2D eigenvalue weighted by atomic mass is 16.6. The lowest BCUT2D eigenvalue weighted by Crippen LogP contribution is -1.99. The van der Waals surface area contributed by atoms with Gasteiger partial charge >= 0.3 is 0 Å². The first-order chi connectivity index (χ1) is 8.08. The fraction of sp³-hybridized carbons (Fsp3) is 0.100. The number of aryl methyl sites for hydroxylation is 1. The predicted molar refractivity (Wildman–Crippen MR) is 61.1 cm³/mol. The van der Waals surface area contributed by atoms with Gasteiger partial charge in [-0.1, -0.05) is 6.07 Å². The van der Waals surface area contributed by atoms with Crippen molar-refractivity contribution >= 4 is 11.6 Å². The molecule has 7 heteroatoms. The molecule has 0 amide bonds. The average molecular weight is 231 g/mol. The number of benzene rings is 1. The number of nitrogen functional groups attached to an aromatic ring is 1. The van der Waals surface area contributed by atoms with Crippen molar-refractivity contribution in [2.45, 2.75) is 6.92 Å². The summed E-state index contributed by atoms with van der Waals surface area (Å²) in [5.41, 5.74) is 6.85. The van der Waals surface area contributed by atoms with Gasteiger partial charge in [0.25, 0.3) is 5.69 Å². The van der Waals surface area contributed by atoms with Crippen molar-refractivity contribution in [1.82, 2.24) is 15.0 Å². The molecule has 2 N–H and O–H groups in total. The number of nitro benzene ring substituents is 1. The molecule has 0 spiro atoms. The van der Waals surface area contributed by atoms with E-state index in [-0.39, 0.29) is 11.6 Å². The lowest BCUT2D eigenvalue weighted by molar-refractivity contribution is -0.384. The summed E-state index contributed by atoms with van der Waals surface area (Å²) in [4.78, 5) is 21.8. The third-order valence-electron chi connectivity index (χ3n) is 2.26. The Balaban J connectivity index is 2.58. The maximum absolute atomic E-state index is 10.7. The van der Waals surface area contributed by atoms with Crippen molar-refractivity contribution in [2.24, 2.45) is 0 Å². The Labute approximate surface area is 96.5 Å². The van der Waals surface area contributed by atoms with Gasteiger partial charge in [0, 0.05) is 17.7 Å². The molecule has 0 saturated carbocycles. The second-order valence-corrected chi connectivity index (χ2v) is 3.42. The van der Waals surface area contributed by atoms with Crippen molar-refractivity contribution in [3.8, 4) is 11.4 Å². The zero-order chi connectivity index (χ0) is 12.4. The van der Waals surface area contributed by atoms with Crippen LogP contribution in [-0.2, 0) is 0 Å². The lowest BCUT2D eigenvalue weighted by atomic mass is 10.1. The smallest absolute Gasteiger partial charge is 0.270 e. The lowest BCUT2D eigenvalue weighted by Gasteiger charge is -2.04. The Morgan fingerprint density at radius 1 is 1.35 bits per heavy atom. The van der Waals surface area contributed by atoms with Crippen LogP contribution in [0.4, 0.5) is 11.6 Å². The first-order valence-electron chi connectivity index (χ1n) is 4.78. The van der Waals surface area contributed by atoms with E-state index in [1.54, 1.807) is 6.07 Å². The fourth-order valence-corrected chi connectivity index (χ4v) is 1.40. The molecule has 0 aliphatic rings. The van der Waals surface area contributed by atoms with E-state index in [0.717, 1.165) is 5.56 Å². The standard InChI is InChI=1S/C10H9N5O2/c1-6-2-3-7(15(16)17)4-8(6)9-12-5-13-10(11)14-9/h2-5H,1H3,(H2,11,12,13,14). The maximum Gasteiger partial charge on any atom is 0.270 e. The molecule has 0 unspecified atom stereocenters. The van der Waals surface area contributed by atoms with Crippen LogP contribution in [0.5, 0.6) is 0 Å². The van der Waals surface area contributed by atoms with Crippen LogP contribution in [0, 0.1) is 17.0 Å². The molecule has 0 aliphatic heterocycles.